The molecule has 0 aliphatic carbocycles. The van der Waals surface area contributed by atoms with Crippen LogP contribution in [0, 0.1) is 11.3 Å². The number of esters is 1. The normalized spacial score (nSPS) is 16.6. The first-order valence-corrected chi connectivity index (χ1v) is 7.72. The highest BCUT2D eigenvalue weighted by Gasteiger charge is 2.38. The van der Waals surface area contributed by atoms with Gasteiger partial charge < -0.3 is 25.1 Å². The smallest absolute Gasteiger partial charge is 0.338 e. The first-order chi connectivity index (χ1) is 12.3. The Hall–Kier alpha value is -3.47. The summed E-state index contributed by atoms with van der Waals surface area (Å²) in [4.78, 5) is 24.2. The van der Waals surface area contributed by atoms with Gasteiger partial charge in [-0.25, -0.2) is 9.59 Å². The van der Waals surface area contributed by atoms with Crippen molar-refractivity contribution >= 4 is 11.9 Å². The predicted molar refractivity (Wildman–Crippen MR) is 89.9 cm³/mol. The molecule has 8 heteroatoms. The molecular formula is C18H18N2O6. The van der Waals surface area contributed by atoms with Gasteiger partial charge in [-0.3, -0.25) is 0 Å². The third kappa shape index (κ3) is 3.32. The summed E-state index contributed by atoms with van der Waals surface area (Å²) >= 11 is 0. The van der Waals surface area contributed by atoms with Crippen molar-refractivity contribution in [3.8, 4) is 11.8 Å². The summed E-state index contributed by atoms with van der Waals surface area (Å²) < 4.78 is 15.4. The lowest BCUT2D eigenvalue weighted by Crippen LogP contribution is -2.26. The van der Waals surface area contributed by atoms with Crippen LogP contribution in [-0.4, -0.2) is 30.8 Å². The zero-order valence-corrected chi connectivity index (χ0v) is 14.5. The highest BCUT2D eigenvalue weighted by molar-refractivity contribution is 5.95. The highest BCUT2D eigenvalue weighted by atomic mass is 16.5. The number of ether oxygens (including phenoxy) is 3. The maximum absolute atomic E-state index is 12.5. The summed E-state index contributed by atoms with van der Waals surface area (Å²) in [7, 11) is 1.40. The van der Waals surface area contributed by atoms with Crippen LogP contribution < -0.4 is 10.5 Å². The van der Waals surface area contributed by atoms with E-state index in [1.807, 2.05) is 6.07 Å². The van der Waals surface area contributed by atoms with E-state index in [-0.39, 0.29) is 40.5 Å². The summed E-state index contributed by atoms with van der Waals surface area (Å²) in [5.41, 5.74) is 5.86. The average Bonchev–Trinajstić information content (AvgIpc) is 2.60. The third-order valence-corrected chi connectivity index (χ3v) is 3.90. The third-order valence-electron chi connectivity index (χ3n) is 3.90. The molecule has 1 aliphatic heterocycles. The second-order valence-electron chi connectivity index (χ2n) is 5.37. The number of carbonyl (C=O) groups is 2. The lowest BCUT2D eigenvalue weighted by atomic mass is 9.81. The van der Waals surface area contributed by atoms with Gasteiger partial charge in [0.1, 0.15) is 23.2 Å². The quantitative estimate of drug-likeness (QED) is 0.764. The average molecular weight is 358 g/mol. The van der Waals surface area contributed by atoms with E-state index < -0.39 is 17.9 Å². The summed E-state index contributed by atoms with van der Waals surface area (Å²) in [6.07, 6.45) is 0. The number of nitriles is 1. The van der Waals surface area contributed by atoms with Crippen LogP contribution in [0.1, 0.15) is 35.7 Å². The molecule has 1 atom stereocenters. The van der Waals surface area contributed by atoms with Gasteiger partial charge >= 0.3 is 11.9 Å². The largest absolute Gasteiger partial charge is 0.497 e. The van der Waals surface area contributed by atoms with Gasteiger partial charge in [-0.2, -0.15) is 5.26 Å². The fourth-order valence-electron chi connectivity index (χ4n) is 2.77. The van der Waals surface area contributed by atoms with E-state index in [9.17, 15) is 20.0 Å². The molecule has 0 aromatic heterocycles. The zero-order chi connectivity index (χ0) is 19.4. The zero-order valence-electron chi connectivity index (χ0n) is 14.5. The van der Waals surface area contributed by atoms with E-state index in [0.29, 0.717) is 5.75 Å². The number of aromatic carboxylic acids is 1. The number of nitrogens with two attached hydrogens (primary N) is 1. The molecule has 1 heterocycles. The second-order valence-corrected chi connectivity index (χ2v) is 5.37. The van der Waals surface area contributed by atoms with Crippen LogP contribution in [0.15, 0.2) is 41.0 Å². The lowest BCUT2D eigenvalue weighted by Gasteiger charge is -2.27. The summed E-state index contributed by atoms with van der Waals surface area (Å²) in [5.74, 6) is -2.67. The van der Waals surface area contributed by atoms with Crippen molar-refractivity contribution in [3.05, 3.63) is 52.1 Å². The molecule has 1 unspecified atom stereocenters. The van der Waals surface area contributed by atoms with Crippen LogP contribution in [0.4, 0.5) is 0 Å². The Kier molecular flexibility index (Phi) is 5.52. The Bertz CT molecular complexity index is 863. The molecule has 1 aromatic rings. The van der Waals surface area contributed by atoms with E-state index >= 15 is 0 Å². The van der Waals surface area contributed by atoms with Gasteiger partial charge in [0.25, 0.3) is 0 Å². The molecule has 0 fully saturated rings. The van der Waals surface area contributed by atoms with Gasteiger partial charge in [-0.15, -0.1) is 0 Å². The Balaban J connectivity index is 2.76. The second kappa shape index (κ2) is 7.61. The van der Waals surface area contributed by atoms with Crippen LogP contribution in [0.5, 0.6) is 5.75 Å². The monoisotopic (exact) mass is 358 g/mol. The molecule has 136 valence electrons. The van der Waals surface area contributed by atoms with Crippen LogP contribution in [-0.2, 0) is 14.3 Å². The van der Waals surface area contributed by atoms with Crippen molar-refractivity contribution in [3.63, 3.8) is 0 Å². The first-order valence-electron chi connectivity index (χ1n) is 7.72. The van der Waals surface area contributed by atoms with Crippen LogP contribution in [0.25, 0.3) is 0 Å². The predicted octanol–water partition coefficient (Wildman–Crippen LogP) is 2.04. The molecule has 1 aromatic carbocycles. The Morgan fingerprint density at radius 2 is 2.12 bits per heavy atom. The number of rotatable bonds is 5. The Morgan fingerprint density at radius 3 is 2.65 bits per heavy atom. The van der Waals surface area contributed by atoms with Crippen LogP contribution in [0.3, 0.4) is 0 Å². The molecule has 26 heavy (non-hydrogen) atoms. The highest BCUT2D eigenvalue weighted by Crippen LogP contribution is 2.41. The lowest BCUT2D eigenvalue weighted by molar-refractivity contribution is -0.139. The molecular weight excluding hydrogens is 340 g/mol. The number of allylic oxidation sites excluding steroid dienone is 2. The minimum absolute atomic E-state index is 0.0327. The molecule has 0 saturated heterocycles. The molecule has 0 amide bonds. The maximum atomic E-state index is 12.5. The molecule has 1 aliphatic rings. The molecule has 8 nitrogen and oxygen atoms in total. The number of carbonyl (C=O) groups excluding carboxylic acids is 1. The fourth-order valence-corrected chi connectivity index (χ4v) is 2.77. The minimum Gasteiger partial charge on any atom is -0.497 e. The van der Waals surface area contributed by atoms with Gasteiger partial charge in [-0.1, -0.05) is 6.07 Å². The number of carboxylic acid groups (broad SMARTS) is 1. The number of benzene rings is 1. The van der Waals surface area contributed by atoms with Crippen molar-refractivity contribution in [2.45, 2.75) is 19.8 Å². The number of carboxylic acids is 1. The molecule has 0 spiro atoms. The number of nitrogens with zero attached hydrogens (tertiary/aromatic N) is 1. The van der Waals surface area contributed by atoms with Crippen molar-refractivity contribution in [1.29, 1.82) is 5.26 Å². The van der Waals surface area contributed by atoms with E-state index in [4.69, 9.17) is 19.9 Å². The van der Waals surface area contributed by atoms with Gasteiger partial charge in [-0.05, 0) is 31.5 Å². The maximum Gasteiger partial charge on any atom is 0.338 e. The summed E-state index contributed by atoms with van der Waals surface area (Å²) in [6, 6.07) is 6.25. The Morgan fingerprint density at radius 1 is 1.42 bits per heavy atom. The summed E-state index contributed by atoms with van der Waals surface area (Å²) in [6.45, 7) is 3.25. The molecule has 0 saturated carbocycles. The minimum atomic E-state index is -1.23. The topological polar surface area (TPSA) is 132 Å². The molecule has 0 bridgehead atoms. The molecule has 3 N–H and O–H groups in total. The standard InChI is InChI=1S/C18H18N2O6/c1-4-25-18(23)14-9(2)26-16(20)13(8-19)15(14)11-6-5-10(24-3)7-12(11)17(21)22/h5-7,15H,4,20H2,1-3H3,(H,21,22). The van der Waals surface area contributed by atoms with Crippen molar-refractivity contribution in [2.24, 2.45) is 5.73 Å². The molecule has 2 rings (SSSR count). The SMILES string of the molecule is CCOC(=O)C1=C(C)OC(N)=C(C#N)C1c1ccc(OC)cc1C(=O)O. The van der Waals surface area contributed by atoms with Crippen molar-refractivity contribution in [2.75, 3.05) is 13.7 Å². The van der Waals surface area contributed by atoms with Gasteiger partial charge in [0.2, 0.25) is 5.88 Å². The van der Waals surface area contributed by atoms with Crippen LogP contribution in [0.2, 0.25) is 0 Å². The molecule has 0 radical (unpaired) electrons. The van der Waals surface area contributed by atoms with Gasteiger partial charge in [0, 0.05) is 0 Å². The number of hydrogen-bond donors (Lipinski definition) is 2. The van der Waals surface area contributed by atoms with E-state index in [2.05, 4.69) is 0 Å². The van der Waals surface area contributed by atoms with E-state index in [0.717, 1.165) is 0 Å². The summed E-state index contributed by atoms with van der Waals surface area (Å²) in [5, 5.41) is 19.1. The first kappa shape index (κ1) is 18.9. The van der Waals surface area contributed by atoms with Gasteiger partial charge in [0.15, 0.2) is 0 Å². The fraction of sp³-hybridized carbons (Fsp3) is 0.278. The Labute approximate surface area is 150 Å². The van der Waals surface area contributed by atoms with Crippen molar-refractivity contribution in [1.82, 2.24) is 0 Å². The number of methoxy groups -OCH3 is 1. The van der Waals surface area contributed by atoms with E-state index in [1.165, 1.54) is 26.2 Å². The van der Waals surface area contributed by atoms with E-state index in [1.54, 1.807) is 13.0 Å². The van der Waals surface area contributed by atoms with Crippen LogP contribution >= 0.6 is 0 Å². The van der Waals surface area contributed by atoms with Gasteiger partial charge in [0.05, 0.1) is 30.8 Å². The van der Waals surface area contributed by atoms with Crippen molar-refractivity contribution < 1.29 is 28.9 Å². The number of hydrogen-bond acceptors (Lipinski definition) is 7.